The average Bonchev–Trinajstić information content (AvgIpc) is 2.64. The first-order valence-corrected chi connectivity index (χ1v) is 7.73. The van der Waals surface area contributed by atoms with Crippen molar-refractivity contribution in [1.82, 2.24) is 0 Å². The van der Waals surface area contributed by atoms with Gasteiger partial charge in [-0.2, -0.15) is 0 Å². The average molecular weight is 300 g/mol. The van der Waals surface area contributed by atoms with Crippen molar-refractivity contribution in [2.45, 2.75) is 0 Å². The van der Waals surface area contributed by atoms with Crippen LogP contribution < -0.4 is 0 Å². The number of rotatable bonds is 0. The second-order valence-corrected chi connectivity index (χ2v) is 5.39. The predicted molar refractivity (Wildman–Crippen MR) is 97.3 cm³/mol. The van der Waals surface area contributed by atoms with E-state index in [-0.39, 0.29) is 0 Å². The Morgan fingerprint density at radius 1 is 0.292 bits per heavy atom. The van der Waals surface area contributed by atoms with Gasteiger partial charge in [-0.25, -0.2) is 0 Å². The molecule has 3 aromatic carbocycles. The van der Waals surface area contributed by atoms with Crippen LogP contribution in [-0.2, 0) is 0 Å². The summed E-state index contributed by atoms with van der Waals surface area (Å²) >= 11 is 0. The summed E-state index contributed by atoms with van der Waals surface area (Å²) in [5, 5.41) is 0. The van der Waals surface area contributed by atoms with E-state index in [2.05, 4.69) is 35.5 Å². The fourth-order valence-corrected chi connectivity index (χ4v) is 2.51. The first-order valence-electron chi connectivity index (χ1n) is 7.73. The predicted octanol–water partition coefficient (Wildman–Crippen LogP) is 4.20. The molecule has 0 atom stereocenters. The second kappa shape index (κ2) is 6.22. The maximum Gasteiger partial charge on any atom is 0.0405 e. The van der Waals surface area contributed by atoms with Crippen LogP contribution in [0.3, 0.4) is 0 Å². The van der Waals surface area contributed by atoms with Crippen LogP contribution in [0.25, 0.3) is 0 Å². The van der Waals surface area contributed by atoms with E-state index in [0.29, 0.717) is 0 Å². The van der Waals surface area contributed by atoms with Crippen LogP contribution in [0.2, 0.25) is 0 Å². The third kappa shape index (κ3) is 2.80. The minimum atomic E-state index is 0.936. The van der Waals surface area contributed by atoms with E-state index in [1.807, 2.05) is 72.8 Å². The van der Waals surface area contributed by atoms with Crippen molar-refractivity contribution in [3.05, 3.63) is 106 Å². The lowest BCUT2D eigenvalue weighted by atomic mass is 10.0. The molecular weight excluding hydrogens is 288 g/mol. The minimum Gasteiger partial charge on any atom is -0.0609 e. The van der Waals surface area contributed by atoms with Gasteiger partial charge in [0.05, 0.1) is 0 Å². The maximum absolute atomic E-state index is 3.24. The summed E-state index contributed by atoms with van der Waals surface area (Å²) < 4.78 is 0. The van der Waals surface area contributed by atoms with Crippen molar-refractivity contribution >= 4 is 0 Å². The van der Waals surface area contributed by atoms with E-state index in [1.165, 1.54) is 0 Å². The van der Waals surface area contributed by atoms with Crippen molar-refractivity contribution in [1.29, 1.82) is 0 Å². The molecule has 0 bridgehead atoms. The van der Waals surface area contributed by atoms with Gasteiger partial charge in [-0.1, -0.05) is 71.9 Å². The SMILES string of the molecule is C1#Cc2ccccc2C#Cc2ccccc2C#Cc2ccccc21. The third-order valence-electron chi connectivity index (χ3n) is 3.78. The Balaban J connectivity index is 2.03. The van der Waals surface area contributed by atoms with E-state index >= 15 is 0 Å². The second-order valence-electron chi connectivity index (χ2n) is 5.39. The number of hydrogen-bond donors (Lipinski definition) is 0. The lowest BCUT2D eigenvalue weighted by molar-refractivity contribution is 1.54. The number of fused-ring (bicyclic) bond motifs is 3. The van der Waals surface area contributed by atoms with Crippen LogP contribution in [0.1, 0.15) is 33.4 Å². The van der Waals surface area contributed by atoms with Crippen molar-refractivity contribution in [3.8, 4) is 35.5 Å². The lowest BCUT2D eigenvalue weighted by Crippen LogP contribution is -1.89. The quantitative estimate of drug-likeness (QED) is 0.427. The first-order chi connectivity index (χ1) is 11.9. The van der Waals surface area contributed by atoms with Crippen LogP contribution in [0.15, 0.2) is 72.8 Å². The summed E-state index contributed by atoms with van der Waals surface area (Å²) in [6.07, 6.45) is 0. The molecular formula is C24H12. The molecule has 0 unspecified atom stereocenters. The molecule has 0 saturated carbocycles. The van der Waals surface area contributed by atoms with Gasteiger partial charge in [-0.05, 0) is 36.4 Å². The molecule has 24 heavy (non-hydrogen) atoms. The molecule has 0 spiro atoms. The van der Waals surface area contributed by atoms with Crippen molar-refractivity contribution < 1.29 is 0 Å². The van der Waals surface area contributed by atoms with Gasteiger partial charge in [0.2, 0.25) is 0 Å². The van der Waals surface area contributed by atoms with E-state index in [1.54, 1.807) is 0 Å². The highest BCUT2D eigenvalue weighted by Gasteiger charge is 2.00. The molecule has 0 fully saturated rings. The monoisotopic (exact) mass is 300 g/mol. The normalized spacial score (nSPS) is 10.5. The highest BCUT2D eigenvalue weighted by molar-refractivity contribution is 5.61. The zero-order chi connectivity index (χ0) is 16.2. The van der Waals surface area contributed by atoms with Gasteiger partial charge in [0, 0.05) is 33.4 Å². The van der Waals surface area contributed by atoms with Crippen LogP contribution >= 0.6 is 0 Å². The van der Waals surface area contributed by atoms with E-state index in [0.717, 1.165) is 33.4 Å². The molecule has 0 heteroatoms. The standard InChI is InChI=1S/C24H12/c1-2-8-20-15-16-22-10-5-6-12-24(22)18-17-23-11-4-3-9-21(23)14-13-19(20)7-1/h1-12H. The molecule has 0 saturated heterocycles. The van der Waals surface area contributed by atoms with Gasteiger partial charge in [-0.3, -0.25) is 0 Å². The van der Waals surface area contributed by atoms with E-state index in [4.69, 9.17) is 0 Å². The van der Waals surface area contributed by atoms with Crippen LogP contribution in [-0.4, -0.2) is 0 Å². The van der Waals surface area contributed by atoms with E-state index in [9.17, 15) is 0 Å². The molecule has 0 radical (unpaired) electrons. The van der Waals surface area contributed by atoms with E-state index < -0.39 is 0 Å². The van der Waals surface area contributed by atoms with Gasteiger partial charge < -0.3 is 0 Å². The highest BCUT2D eigenvalue weighted by Crippen LogP contribution is 2.12. The fraction of sp³-hybridized carbons (Fsp3) is 0. The summed E-state index contributed by atoms with van der Waals surface area (Å²) in [4.78, 5) is 0. The summed E-state index contributed by atoms with van der Waals surface area (Å²) in [7, 11) is 0. The number of hydrogen-bond acceptors (Lipinski definition) is 0. The van der Waals surface area contributed by atoms with Gasteiger partial charge in [0.25, 0.3) is 0 Å². The lowest BCUT2D eigenvalue weighted by Gasteiger charge is -2.00. The van der Waals surface area contributed by atoms with Crippen molar-refractivity contribution in [3.63, 3.8) is 0 Å². The molecule has 1 aliphatic rings. The Labute approximate surface area is 142 Å². The van der Waals surface area contributed by atoms with Gasteiger partial charge >= 0.3 is 0 Å². The maximum atomic E-state index is 3.24. The van der Waals surface area contributed by atoms with Crippen molar-refractivity contribution in [2.75, 3.05) is 0 Å². The summed E-state index contributed by atoms with van der Waals surface area (Å²) in [5.41, 5.74) is 5.62. The molecule has 1 aliphatic carbocycles. The Morgan fingerprint density at radius 2 is 0.458 bits per heavy atom. The molecule has 0 amide bonds. The molecule has 0 nitrogen and oxygen atoms in total. The summed E-state index contributed by atoms with van der Waals surface area (Å²) in [6.45, 7) is 0. The molecule has 108 valence electrons. The van der Waals surface area contributed by atoms with Gasteiger partial charge in [0.1, 0.15) is 0 Å². The number of benzene rings is 3. The zero-order valence-corrected chi connectivity index (χ0v) is 12.9. The summed E-state index contributed by atoms with van der Waals surface area (Å²) in [5.74, 6) is 19.4. The summed E-state index contributed by atoms with van der Waals surface area (Å²) in [6, 6.07) is 23.9. The molecule has 0 aliphatic heterocycles. The molecule has 0 aromatic heterocycles. The zero-order valence-electron chi connectivity index (χ0n) is 12.9. The third-order valence-corrected chi connectivity index (χ3v) is 3.78. The molecule has 3 aromatic rings. The highest BCUT2D eigenvalue weighted by atomic mass is 14.0. The smallest absolute Gasteiger partial charge is 0.0405 e. The fourth-order valence-electron chi connectivity index (χ4n) is 2.51. The van der Waals surface area contributed by atoms with Gasteiger partial charge in [0.15, 0.2) is 0 Å². The first kappa shape index (κ1) is 14.0. The van der Waals surface area contributed by atoms with Crippen LogP contribution in [0, 0.1) is 35.5 Å². The largest absolute Gasteiger partial charge is 0.0609 e. The van der Waals surface area contributed by atoms with Crippen LogP contribution in [0.5, 0.6) is 0 Å². The molecule has 0 heterocycles. The van der Waals surface area contributed by atoms with Crippen LogP contribution in [0.4, 0.5) is 0 Å². The topological polar surface area (TPSA) is 0 Å². The molecule has 0 N–H and O–H groups in total. The Morgan fingerprint density at radius 3 is 0.625 bits per heavy atom. The minimum absolute atomic E-state index is 0.936. The van der Waals surface area contributed by atoms with Crippen molar-refractivity contribution in [2.24, 2.45) is 0 Å². The Hall–Kier alpha value is -3.66. The Bertz CT molecular complexity index is 886. The Kier molecular flexibility index (Phi) is 3.62. The molecule has 4 rings (SSSR count). The van der Waals surface area contributed by atoms with Gasteiger partial charge in [-0.15, -0.1) is 0 Å².